The Hall–Kier alpha value is -1.26. The van der Waals surface area contributed by atoms with Gasteiger partial charge in [-0.05, 0) is 30.5 Å². The van der Waals surface area contributed by atoms with E-state index in [0.29, 0.717) is 19.6 Å². The van der Waals surface area contributed by atoms with Crippen molar-refractivity contribution < 1.29 is 14.6 Å². The van der Waals surface area contributed by atoms with Crippen LogP contribution in [0.1, 0.15) is 23.6 Å². The third-order valence-corrected chi connectivity index (χ3v) is 2.84. The van der Waals surface area contributed by atoms with E-state index in [-0.39, 0.29) is 12.6 Å². The van der Waals surface area contributed by atoms with Gasteiger partial charge in [-0.3, -0.25) is 0 Å². The van der Waals surface area contributed by atoms with Gasteiger partial charge in [0.2, 0.25) is 0 Å². The third kappa shape index (κ3) is 1.99. The molecule has 0 aliphatic carbocycles. The summed E-state index contributed by atoms with van der Waals surface area (Å²) in [5.74, 6) is 1.57. The Labute approximate surface area is 95.0 Å². The predicted octanol–water partition coefficient (Wildman–Crippen LogP) is 1.15. The van der Waals surface area contributed by atoms with Gasteiger partial charge in [0.15, 0.2) is 11.5 Å². The van der Waals surface area contributed by atoms with Crippen molar-refractivity contribution in [3.8, 4) is 11.5 Å². The van der Waals surface area contributed by atoms with Gasteiger partial charge in [0.1, 0.15) is 13.2 Å². The van der Waals surface area contributed by atoms with Crippen LogP contribution >= 0.6 is 0 Å². The second-order valence-electron chi connectivity index (χ2n) is 3.92. The molecule has 4 heteroatoms. The number of aliphatic hydroxyl groups excluding tert-OH is 1. The smallest absolute Gasteiger partial charge is 0.164 e. The van der Waals surface area contributed by atoms with Crippen LogP contribution in [-0.2, 0) is 0 Å². The molecule has 0 radical (unpaired) electrons. The van der Waals surface area contributed by atoms with E-state index in [1.54, 1.807) is 0 Å². The molecule has 88 valence electrons. The fourth-order valence-corrected chi connectivity index (χ4v) is 1.97. The van der Waals surface area contributed by atoms with Crippen LogP contribution in [0.25, 0.3) is 0 Å². The lowest BCUT2D eigenvalue weighted by atomic mass is 9.98. The van der Waals surface area contributed by atoms with Crippen LogP contribution in [0.2, 0.25) is 0 Å². The highest BCUT2D eigenvalue weighted by atomic mass is 16.6. The minimum absolute atomic E-state index is 0.0923. The second kappa shape index (κ2) is 4.72. The van der Waals surface area contributed by atoms with Crippen molar-refractivity contribution in [2.24, 2.45) is 5.73 Å². The van der Waals surface area contributed by atoms with Crippen LogP contribution in [0.4, 0.5) is 0 Å². The van der Waals surface area contributed by atoms with Gasteiger partial charge in [0.25, 0.3) is 0 Å². The van der Waals surface area contributed by atoms with Gasteiger partial charge in [0.05, 0.1) is 0 Å². The summed E-state index contributed by atoms with van der Waals surface area (Å²) in [6.45, 7) is 3.23. The Morgan fingerprint density at radius 3 is 2.88 bits per heavy atom. The van der Waals surface area contributed by atoms with Crippen molar-refractivity contribution in [3.05, 3.63) is 23.3 Å². The first-order chi connectivity index (χ1) is 7.74. The van der Waals surface area contributed by atoms with Crippen molar-refractivity contribution >= 4 is 0 Å². The molecule has 0 amide bonds. The number of hydrogen-bond acceptors (Lipinski definition) is 4. The SMILES string of the molecule is Cc1c(C(N)CCO)ccc2c1OCCO2. The Kier molecular flexibility index (Phi) is 3.31. The average Bonchev–Trinajstić information content (AvgIpc) is 2.30. The maximum atomic E-state index is 8.89. The maximum Gasteiger partial charge on any atom is 0.164 e. The van der Waals surface area contributed by atoms with E-state index in [0.717, 1.165) is 22.6 Å². The summed E-state index contributed by atoms with van der Waals surface area (Å²) in [5, 5.41) is 8.89. The van der Waals surface area contributed by atoms with Crippen molar-refractivity contribution in [1.29, 1.82) is 0 Å². The van der Waals surface area contributed by atoms with Crippen LogP contribution in [0.5, 0.6) is 11.5 Å². The van der Waals surface area contributed by atoms with Gasteiger partial charge in [-0.1, -0.05) is 6.07 Å². The van der Waals surface area contributed by atoms with Gasteiger partial charge in [0, 0.05) is 12.6 Å². The number of benzene rings is 1. The Morgan fingerprint density at radius 1 is 1.38 bits per heavy atom. The van der Waals surface area contributed by atoms with Crippen LogP contribution < -0.4 is 15.2 Å². The summed E-state index contributed by atoms with van der Waals surface area (Å²) >= 11 is 0. The minimum Gasteiger partial charge on any atom is -0.486 e. The predicted molar refractivity (Wildman–Crippen MR) is 60.8 cm³/mol. The molecule has 1 unspecified atom stereocenters. The molecule has 1 aliphatic rings. The molecule has 0 saturated heterocycles. The molecular formula is C12H17NO3. The van der Waals surface area contributed by atoms with Crippen LogP contribution in [0.15, 0.2) is 12.1 Å². The number of aliphatic hydroxyl groups is 1. The molecule has 1 atom stereocenters. The molecule has 0 saturated carbocycles. The zero-order chi connectivity index (χ0) is 11.5. The minimum atomic E-state index is -0.152. The topological polar surface area (TPSA) is 64.7 Å². The van der Waals surface area contributed by atoms with Crippen molar-refractivity contribution in [3.63, 3.8) is 0 Å². The normalized spacial score (nSPS) is 15.9. The highest BCUT2D eigenvalue weighted by Gasteiger charge is 2.18. The molecule has 0 aromatic heterocycles. The molecule has 1 aliphatic heterocycles. The summed E-state index contributed by atoms with van der Waals surface area (Å²) in [6.07, 6.45) is 0.556. The van der Waals surface area contributed by atoms with Crippen molar-refractivity contribution in [2.45, 2.75) is 19.4 Å². The highest BCUT2D eigenvalue weighted by Crippen LogP contribution is 2.37. The van der Waals surface area contributed by atoms with Gasteiger partial charge >= 0.3 is 0 Å². The van der Waals surface area contributed by atoms with E-state index in [2.05, 4.69) is 0 Å². The molecule has 0 fully saturated rings. The largest absolute Gasteiger partial charge is 0.486 e. The van der Waals surface area contributed by atoms with Crippen molar-refractivity contribution in [1.82, 2.24) is 0 Å². The molecule has 0 bridgehead atoms. The highest BCUT2D eigenvalue weighted by molar-refractivity contribution is 5.51. The number of hydrogen-bond donors (Lipinski definition) is 2. The summed E-state index contributed by atoms with van der Waals surface area (Å²) in [5.41, 5.74) is 8.01. The molecule has 2 rings (SSSR count). The van der Waals surface area contributed by atoms with Gasteiger partial charge in [-0.25, -0.2) is 0 Å². The van der Waals surface area contributed by atoms with E-state index >= 15 is 0 Å². The zero-order valence-corrected chi connectivity index (χ0v) is 9.40. The first kappa shape index (κ1) is 11.2. The first-order valence-corrected chi connectivity index (χ1v) is 5.49. The molecule has 0 spiro atoms. The van der Waals surface area contributed by atoms with Crippen LogP contribution in [-0.4, -0.2) is 24.9 Å². The summed E-state index contributed by atoms with van der Waals surface area (Å²) in [7, 11) is 0. The summed E-state index contributed by atoms with van der Waals surface area (Å²) in [6, 6.07) is 3.68. The molecule has 16 heavy (non-hydrogen) atoms. The number of fused-ring (bicyclic) bond motifs is 1. The molecule has 1 heterocycles. The second-order valence-corrected chi connectivity index (χ2v) is 3.92. The van der Waals surface area contributed by atoms with Crippen LogP contribution in [0.3, 0.4) is 0 Å². The molecule has 1 aromatic carbocycles. The van der Waals surface area contributed by atoms with Crippen LogP contribution in [0, 0.1) is 6.92 Å². The molecule has 4 nitrogen and oxygen atoms in total. The zero-order valence-electron chi connectivity index (χ0n) is 9.40. The lowest BCUT2D eigenvalue weighted by Gasteiger charge is -2.23. The monoisotopic (exact) mass is 223 g/mol. The first-order valence-electron chi connectivity index (χ1n) is 5.49. The fraction of sp³-hybridized carbons (Fsp3) is 0.500. The summed E-state index contributed by atoms with van der Waals surface area (Å²) < 4.78 is 11.1. The van der Waals surface area contributed by atoms with E-state index < -0.39 is 0 Å². The third-order valence-electron chi connectivity index (χ3n) is 2.84. The number of nitrogens with two attached hydrogens (primary N) is 1. The van der Waals surface area contributed by atoms with E-state index in [1.165, 1.54) is 0 Å². The van der Waals surface area contributed by atoms with E-state index in [4.69, 9.17) is 20.3 Å². The summed E-state index contributed by atoms with van der Waals surface area (Å²) in [4.78, 5) is 0. The Bertz CT molecular complexity index is 379. The molecule has 3 N–H and O–H groups in total. The van der Waals surface area contributed by atoms with E-state index in [9.17, 15) is 0 Å². The quantitative estimate of drug-likeness (QED) is 0.806. The van der Waals surface area contributed by atoms with Gasteiger partial charge in [-0.2, -0.15) is 0 Å². The lowest BCUT2D eigenvalue weighted by Crippen LogP contribution is -2.19. The van der Waals surface area contributed by atoms with Gasteiger partial charge in [-0.15, -0.1) is 0 Å². The van der Waals surface area contributed by atoms with Gasteiger partial charge < -0.3 is 20.3 Å². The molecule has 1 aromatic rings. The average molecular weight is 223 g/mol. The van der Waals surface area contributed by atoms with Crippen molar-refractivity contribution in [2.75, 3.05) is 19.8 Å². The fourth-order valence-electron chi connectivity index (χ4n) is 1.97. The number of ether oxygens (including phenoxy) is 2. The number of rotatable bonds is 3. The lowest BCUT2D eigenvalue weighted by molar-refractivity contribution is 0.170. The van der Waals surface area contributed by atoms with E-state index in [1.807, 2.05) is 19.1 Å². The molecular weight excluding hydrogens is 206 g/mol. The standard InChI is InChI=1S/C12H17NO3/c1-8-9(10(13)4-5-14)2-3-11-12(8)16-7-6-15-11/h2-3,10,14H,4-7,13H2,1H3. The Morgan fingerprint density at radius 2 is 2.12 bits per heavy atom. The Balaban J connectivity index is 2.33. The maximum absolute atomic E-state index is 8.89.